The molecule has 0 nitrogen and oxygen atoms in total. The van der Waals surface area contributed by atoms with Gasteiger partial charge in [0.2, 0.25) is 0 Å². The first-order chi connectivity index (χ1) is 7.24. The van der Waals surface area contributed by atoms with Gasteiger partial charge in [-0.1, -0.05) is 60.2 Å². The van der Waals surface area contributed by atoms with Gasteiger partial charge in [-0.2, -0.15) is 0 Å². The molecule has 0 unspecified atom stereocenters. The summed E-state index contributed by atoms with van der Waals surface area (Å²) in [6.07, 6.45) is 10.4. The van der Waals surface area contributed by atoms with Gasteiger partial charge in [0.15, 0.2) is 0 Å². The van der Waals surface area contributed by atoms with Crippen molar-refractivity contribution in [2.45, 2.75) is 20.8 Å². The topological polar surface area (TPSA) is 0 Å². The van der Waals surface area contributed by atoms with E-state index in [1.165, 1.54) is 16.7 Å². The fourth-order valence-corrected chi connectivity index (χ4v) is 1.36. The maximum atomic E-state index is 2.20. The molecule has 0 aliphatic heterocycles. The highest BCUT2D eigenvalue weighted by atomic mass is 14.0. The van der Waals surface area contributed by atoms with Crippen LogP contribution in [-0.4, -0.2) is 0 Å². The molecular weight excluding hydrogens is 180 g/mol. The Bertz CT molecular complexity index is 392. The van der Waals surface area contributed by atoms with Crippen molar-refractivity contribution in [3.63, 3.8) is 0 Å². The van der Waals surface area contributed by atoms with Crippen molar-refractivity contribution in [1.29, 1.82) is 0 Å². The smallest absolute Gasteiger partial charge is 0.0225 e. The molecule has 0 saturated carbocycles. The molecule has 0 fully saturated rings. The van der Waals surface area contributed by atoms with Crippen LogP contribution in [0, 0.1) is 6.92 Å². The van der Waals surface area contributed by atoms with E-state index in [0.717, 1.165) is 0 Å². The van der Waals surface area contributed by atoms with Gasteiger partial charge in [-0.3, -0.25) is 0 Å². The van der Waals surface area contributed by atoms with Crippen molar-refractivity contribution < 1.29 is 0 Å². The molecular formula is C15H18. The average molecular weight is 198 g/mol. The molecule has 78 valence electrons. The van der Waals surface area contributed by atoms with Crippen molar-refractivity contribution in [2.75, 3.05) is 0 Å². The summed E-state index contributed by atoms with van der Waals surface area (Å²) in [6.45, 7) is 6.27. The number of aryl methyl sites for hydroxylation is 1. The summed E-state index contributed by atoms with van der Waals surface area (Å²) in [5.74, 6) is 0. The fraction of sp³-hybridized carbons (Fsp3) is 0.200. The Labute approximate surface area is 92.6 Å². The van der Waals surface area contributed by atoms with Crippen molar-refractivity contribution in [3.05, 3.63) is 65.3 Å². The van der Waals surface area contributed by atoms with Crippen LogP contribution in [0.4, 0.5) is 0 Å². The average Bonchev–Trinajstić information content (AvgIpc) is 2.22. The third-order valence-corrected chi connectivity index (χ3v) is 2.23. The van der Waals surface area contributed by atoms with E-state index in [0.29, 0.717) is 0 Å². The predicted octanol–water partition coefficient (Wildman–Crippen LogP) is 4.53. The molecule has 0 amide bonds. The Balaban J connectivity index is 2.83. The van der Waals surface area contributed by atoms with Gasteiger partial charge in [0.05, 0.1) is 0 Å². The Morgan fingerprint density at radius 1 is 1.13 bits per heavy atom. The minimum Gasteiger partial charge on any atom is -0.0877 e. The van der Waals surface area contributed by atoms with E-state index in [-0.39, 0.29) is 0 Å². The first-order valence-corrected chi connectivity index (χ1v) is 5.27. The Hall–Kier alpha value is -1.56. The standard InChI is InChI=1S/C15H18/c1-4-5-6-9-13(2)12-15-11-8-7-10-14(15)3/h4-12H,1-3H3/b5-4-,9-6-,13-12+. The lowest BCUT2D eigenvalue weighted by atomic mass is 10.1. The number of allylic oxidation sites excluding steroid dienone is 5. The molecule has 0 spiro atoms. The second-order valence-corrected chi connectivity index (χ2v) is 3.63. The van der Waals surface area contributed by atoms with E-state index >= 15 is 0 Å². The molecule has 1 aromatic carbocycles. The van der Waals surface area contributed by atoms with Crippen LogP contribution in [0.25, 0.3) is 6.08 Å². The minimum atomic E-state index is 1.27. The zero-order valence-corrected chi connectivity index (χ0v) is 9.70. The first kappa shape index (κ1) is 11.5. The van der Waals surface area contributed by atoms with E-state index in [4.69, 9.17) is 0 Å². The summed E-state index contributed by atoms with van der Waals surface area (Å²) in [7, 11) is 0. The van der Waals surface area contributed by atoms with Crippen LogP contribution >= 0.6 is 0 Å². The highest BCUT2D eigenvalue weighted by Crippen LogP contribution is 2.12. The van der Waals surface area contributed by atoms with Crippen LogP contribution in [0.2, 0.25) is 0 Å². The minimum absolute atomic E-state index is 1.27. The predicted molar refractivity (Wildman–Crippen MR) is 68.8 cm³/mol. The Kier molecular flexibility index (Phi) is 4.62. The number of rotatable bonds is 3. The van der Waals surface area contributed by atoms with Gasteiger partial charge in [-0.15, -0.1) is 0 Å². The van der Waals surface area contributed by atoms with E-state index < -0.39 is 0 Å². The van der Waals surface area contributed by atoms with Crippen LogP contribution in [0.1, 0.15) is 25.0 Å². The molecule has 0 N–H and O–H groups in total. The molecule has 0 heterocycles. The van der Waals surface area contributed by atoms with Crippen LogP contribution in [0.15, 0.2) is 54.1 Å². The van der Waals surface area contributed by atoms with Gasteiger partial charge in [0.25, 0.3) is 0 Å². The summed E-state index contributed by atoms with van der Waals surface area (Å²) < 4.78 is 0. The maximum Gasteiger partial charge on any atom is -0.0225 e. The number of hydrogen-bond acceptors (Lipinski definition) is 0. The van der Waals surface area contributed by atoms with Gasteiger partial charge in [-0.05, 0) is 31.9 Å². The molecule has 0 saturated heterocycles. The third-order valence-electron chi connectivity index (χ3n) is 2.23. The van der Waals surface area contributed by atoms with Gasteiger partial charge < -0.3 is 0 Å². The van der Waals surface area contributed by atoms with Crippen LogP contribution in [0.3, 0.4) is 0 Å². The lowest BCUT2D eigenvalue weighted by molar-refractivity contribution is 1.43. The van der Waals surface area contributed by atoms with E-state index in [1.807, 2.05) is 19.1 Å². The van der Waals surface area contributed by atoms with E-state index in [9.17, 15) is 0 Å². The summed E-state index contributed by atoms with van der Waals surface area (Å²) >= 11 is 0. The summed E-state index contributed by atoms with van der Waals surface area (Å²) in [4.78, 5) is 0. The quantitative estimate of drug-likeness (QED) is 0.626. The molecule has 1 aromatic rings. The van der Waals surface area contributed by atoms with Crippen LogP contribution < -0.4 is 0 Å². The SMILES string of the molecule is C\C=C/C=C\C(C)=C\c1ccccc1C. The second-order valence-electron chi connectivity index (χ2n) is 3.63. The van der Waals surface area contributed by atoms with Crippen molar-refractivity contribution in [3.8, 4) is 0 Å². The van der Waals surface area contributed by atoms with Crippen LogP contribution in [-0.2, 0) is 0 Å². The molecule has 0 bridgehead atoms. The summed E-state index contributed by atoms with van der Waals surface area (Å²) in [6, 6.07) is 8.41. The van der Waals surface area contributed by atoms with E-state index in [1.54, 1.807) is 0 Å². The lowest BCUT2D eigenvalue weighted by Crippen LogP contribution is -1.79. The molecule has 1 rings (SSSR count). The second kappa shape index (κ2) is 6.02. The third kappa shape index (κ3) is 3.99. The summed E-state index contributed by atoms with van der Waals surface area (Å²) in [5, 5.41) is 0. The molecule has 0 aliphatic carbocycles. The molecule has 15 heavy (non-hydrogen) atoms. The maximum absolute atomic E-state index is 2.20. The lowest BCUT2D eigenvalue weighted by Gasteiger charge is -1.99. The Morgan fingerprint density at radius 3 is 2.53 bits per heavy atom. The van der Waals surface area contributed by atoms with Crippen molar-refractivity contribution >= 4 is 6.08 Å². The molecule has 0 atom stereocenters. The zero-order chi connectivity index (χ0) is 11.1. The Morgan fingerprint density at radius 2 is 1.87 bits per heavy atom. The normalized spacial score (nSPS) is 12.9. The van der Waals surface area contributed by atoms with Crippen molar-refractivity contribution in [1.82, 2.24) is 0 Å². The highest BCUT2D eigenvalue weighted by Gasteiger charge is 1.91. The monoisotopic (exact) mass is 198 g/mol. The first-order valence-electron chi connectivity index (χ1n) is 5.27. The summed E-state index contributed by atoms with van der Waals surface area (Å²) in [5.41, 5.74) is 3.87. The van der Waals surface area contributed by atoms with Gasteiger partial charge in [-0.25, -0.2) is 0 Å². The van der Waals surface area contributed by atoms with Gasteiger partial charge >= 0.3 is 0 Å². The van der Waals surface area contributed by atoms with E-state index in [2.05, 4.69) is 56.3 Å². The number of hydrogen-bond donors (Lipinski definition) is 0. The molecule has 0 aliphatic rings. The van der Waals surface area contributed by atoms with Gasteiger partial charge in [0.1, 0.15) is 0 Å². The van der Waals surface area contributed by atoms with Crippen molar-refractivity contribution in [2.24, 2.45) is 0 Å². The van der Waals surface area contributed by atoms with Gasteiger partial charge in [0, 0.05) is 0 Å². The fourth-order valence-electron chi connectivity index (χ4n) is 1.36. The zero-order valence-electron chi connectivity index (χ0n) is 9.70. The highest BCUT2D eigenvalue weighted by molar-refractivity contribution is 5.58. The number of benzene rings is 1. The largest absolute Gasteiger partial charge is 0.0877 e. The molecule has 0 heteroatoms. The van der Waals surface area contributed by atoms with Crippen LogP contribution in [0.5, 0.6) is 0 Å². The molecule has 0 aromatic heterocycles. The molecule has 0 radical (unpaired) electrons.